The summed E-state index contributed by atoms with van der Waals surface area (Å²) in [6.07, 6.45) is 4.34. The third-order valence-electron chi connectivity index (χ3n) is 12.6. The molecular formula is C54H74N6O8Si2. The van der Waals surface area contributed by atoms with Crippen LogP contribution in [0.1, 0.15) is 93.2 Å². The van der Waals surface area contributed by atoms with Gasteiger partial charge >= 0.3 is 18.2 Å². The Morgan fingerprint density at radius 1 is 0.657 bits per heavy atom. The average Bonchev–Trinajstić information content (AvgIpc) is 4.14. The van der Waals surface area contributed by atoms with Crippen LogP contribution < -0.4 is 0 Å². The van der Waals surface area contributed by atoms with Crippen LogP contribution in [0.25, 0.3) is 33.6 Å². The molecule has 3 aromatic carbocycles. The molecule has 376 valence electrons. The highest BCUT2D eigenvalue weighted by Gasteiger charge is 2.39. The van der Waals surface area contributed by atoms with E-state index in [-0.39, 0.29) is 32.1 Å². The second-order valence-electron chi connectivity index (χ2n) is 21.8. The van der Waals surface area contributed by atoms with Gasteiger partial charge < -0.3 is 28.3 Å². The molecule has 0 aliphatic carbocycles. The molecule has 4 heterocycles. The van der Waals surface area contributed by atoms with E-state index in [2.05, 4.69) is 68.1 Å². The molecule has 2 saturated heterocycles. The van der Waals surface area contributed by atoms with E-state index in [1.54, 1.807) is 16.7 Å². The van der Waals surface area contributed by atoms with Crippen LogP contribution in [0.15, 0.2) is 85.1 Å². The average molecular weight is 991 g/mol. The van der Waals surface area contributed by atoms with Gasteiger partial charge in [-0.15, -0.1) is 0 Å². The van der Waals surface area contributed by atoms with Gasteiger partial charge in [-0.2, -0.15) is 0 Å². The van der Waals surface area contributed by atoms with E-state index in [1.807, 2.05) is 86.1 Å². The first-order valence-electron chi connectivity index (χ1n) is 25.0. The quantitative estimate of drug-likeness (QED) is 0.0340. The van der Waals surface area contributed by atoms with Crippen molar-refractivity contribution in [3.63, 3.8) is 0 Å². The number of likely N-dealkylation sites (tertiary alicyclic amines) is 2. The minimum atomic E-state index is -1.40. The van der Waals surface area contributed by atoms with Gasteiger partial charge in [0.05, 0.1) is 24.4 Å². The summed E-state index contributed by atoms with van der Waals surface area (Å²) < 4.78 is 33.7. The smallest absolute Gasteiger partial charge is 0.410 e. The molecule has 2 aliphatic rings. The number of carbonyl (C=O) groups excluding carboxylic acids is 3. The Kier molecular flexibility index (Phi) is 16.9. The van der Waals surface area contributed by atoms with Crippen molar-refractivity contribution < 1.29 is 38.1 Å². The lowest BCUT2D eigenvalue weighted by Gasteiger charge is -2.28. The lowest BCUT2D eigenvalue weighted by Crippen LogP contribution is -2.37. The molecule has 5 aromatic rings. The maximum atomic E-state index is 14.0. The van der Waals surface area contributed by atoms with Crippen LogP contribution in [0.4, 0.5) is 9.59 Å². The second-order valence-corrected chi connectivity index (χ2v) is 33.1. The molecule has 2 aliphatic heterocycles. The molecule has 1 unspecified atom stereocenters. The summed E-state index contributed by atoms with van der Waals surface area (Å²) in [7, 11) is -2.70. The molecule has 16 heteroatoms. The van der Waals surface area contributed by atoms with E-state index < -0.39 is 39.9 Å². The molecule has 0 bridgehead atoms. The van der Waals surface area contributed by atoms with Crippen LogP contribution in [-0.4, -0.2) is 102 Å². The van der Waals surface area contributed by atoms with Gasteiger partial charge in [0.15, 0.2) is 5.69 Å². The SMILES string of the molecule is CCOC(=O)c1c(-c2ccc(-c3ccc(-c4cn(COCC[Si](C)(C)C)c([C@@H]5CCCN5C(=O)OCc5ccccc5)n4)cc3)cc2)nc(C2CCCN2C(=O)OC(C)(C)C)n1COCC[Si](C)(C)C. The molecule has 0 N–H and O–H groups in total. The van der Waals surface area contributed by atoms with E-state index in [0.29, 0.717) is 56.7 Å². The highest BCUT2D eigenvalue weighted by atomic mass is 28.3. The third-order valence-corrected chi connectivity index (χ3v) is 16.0. The molecule has 2 amide bonds. The van der Waals surface area contributed by atoms with E-state index >= 15 is 0 Å². The Bertz CT molecular complexity index is 2540. The predicted octanol–water partition coefficient (Wildman–Crippen LogP) is 12.4. The molecule has 2 atom stereocenters. The molecule has 0 spiro atoms. The van der Waals surface area contributed by atoms with Gasteiger partial charge in [0.25, 0.3) is 0 Å². The molecule has 14 nitrogen and oxygen atoms in total. The summed E-state index contributed by atoms with van der Waals surface area (Å²) >= 11 is 0. The van der Waals surface area contributed by atoms with E-state index in [4.69, 9.17) is 33.7 Å². The van der Waals surface area contributed by atoms with Crippen molar-refractivity contribution in [2.75, 3.05) is 32.9 Å². The molecule has 0 saturated carbocycles. The summed E-state index contributed by atoms with van der Waals surface area (Å²) in [5.41, 5.74) is 5.49. The Balaban J connectivity index is 1.15. The van der Waals surface area contributed by atoms with Gasteiger partial charge in [0, 0.05) is 59.8 Å². The second kappa shape index (κ2) is 22.7. The van der Waals surface area contributed by atoms with Crippen molar-refractivity contribution >= 4 is 34.3 Å². The summed E-state index contributed by atoms with van der Waals surface area (Å²) in [6.45, 7) is 24.4. The summed E-state index contributed by atoms with van der Waals surface area (Å²) in [5.74, 6) is 0.855. The number of carbonyl (C=O) groups is 3. The zero-order valence-corrected chi connectivity index (χ0v) is 45.1. The zero-order valence-electron chi connectivity index (χ0n) is 43.1. The van der Waals surface area contributed by atoms with Crippen LogP contribution >= 0.6 is 0 Å². The van der Waals surface area contributed by atoms with Crippen molar-refractivity contribution in [3.05, 3.63) is 108 Å². The highest BCUT2D eigenvalue weighted by Crippen LogP contribution is 2.38. The number of hydrogen-bond acceptors (Lipinski definition) is 10. The lowest BCUT2D eigenvalue weighted by molar-refractivity contribution is 0.0202. The first-order valence-corrected chi connectivity index (χ1v) is 32.4. The molecule has 2 fully saturated rings. The fraction of sp³-hybridized carbons (Fsp3) is 0.500. The summed E-state index contributed by atoms with van der Waals surface area (Å²) in [5, 5.41) is 0. The van der Waals surface area contributed by atoms with Gasteiger partial charge in [0.2, 0.25) is 0 Å². The summed E-state index contributed by atoms with van der Waals surface area (Å²) in [6, 6.07) is 27.4. The maximum absolute atomic E-state index is 14.0. The summed E-state index contributed by atoms with van der Waals surface area (Å²) in [4.78, 5) is 54.9. The Hall–Kier alpha value is -5.56. The van der Waals surface area contributed by atoms with Gasteiger partial charge in [-0.3, -0.25) is 14.4 Å². The van der Waals surface area contributed by atoms with Gasteiger partial charge in [-0.25, -0.2) is 24.4 Å². The third kappa shape index (κ3) is 13.6. The van der Waals surface area contributed by atoms with E-state index in [1.165, 1.54) is 0 Å². The monoisotopic (exact) mass is 991 g/mol. The van der Waals surface area contributed by atoms with Gasteiger partial charge in [-0.05, 0) is 82.2 Å². The number of ether oxygens (including phenoxy) is 5. The lowest BCUT2D eigenvalue weighted by atomic mass is 10.0. The van der Waals surface area contributed by atoms with Crippen molar-refractivity contribution in [1.82, 2.24) is 28.9 Å². The van der Waals surface area contributed by atoms with Crippen molar-refractivity contribution in [1.29, 1.82) is 0 Å². The number of esters is 1. The fourth-order valence-corrected chi connectivity index (χ4v) is 10.3. The van der Waals surface area contributed by atoms with Crippen LogP contribution in [-0.2, 0) is 43.8 Å². The van der Waals surface area contributed by atoms with Crippen LogP contribution in [0.2, 0.25) is 51.4 Å². The molecule has 0 radical (unpaired) electrons. The fourth-order valence-electron chi connectivity index (χ4n) is 8.76. The largest absolute Gasteiger partial charge is 0.461 e. The first-order chi connectivity index (χ1) is 33.3. The maximum Gasteiger partial charge on any atom is 0.410 e. The van der Waals surface area contributed by atoms with Crippen molar-refractivity contribution in [3.8, 4) is 33.6 Å². The Morgan fingerprint density at radius 2 is 1.20 bits per heavy atom. The topological polar surface area (TPSA) is 139 Å². The van der Waals surface area contributed by atoms with Crippen molar-refractivity contribution in [2.24, 2.45) is 0 Å². The minimum absolute atomic E-state index is 0.0929. The first kappa shape index (κ1) is 52.3. The van der Waals surface area contributed by atoms with Crippen LogP contribution in [0, 0.1) is 0 Å². The number of hydrogen-bond donors (Lipinski definition) is 0. The Labute approximate surface area is 416 Å². The van der Waals surface area contributed by atoms with E-state index in [9.17, 15) is 14.4 Å². The van der Waals surface area contributed by atoms with Gasteiger partial charge in [0.1, 0.15) is 43.0 Å². The van der Waals surface area contributed by atoms with E-state index in [0.717, 1.165) is 70.7 Å². The van der Waals surface area contributed by atoms with Gasteiger partial charge in [-0.1, -0.05) is 118 Å². The zero-order chi connectivity index (χ0) is 50.2. The van der Waals surface area contributed by atoms with Crippen molar-refractivity contribution in [2.45, 2.75) is 143 Å². The normalized spacial score (nSPS) is 16.5. The molecule has 7 rings (SSSR count). The number of amides is 2. The minimum Gasteiger partial charge on any atom is -0.461 e. The molecule has 70 heavy (non-hydrogen) atoms. The van der Waals surface area contributed by atoms with Crippen LogP contribution in [0.3, 0.4) is 0 Å². The standard InChI is InChI=1S/C54H74N6O8Si2/c1-11-66-51(61)48-47(56-50(60(48)38-65-32-34-70(8,9)10)46-20-16-30-59(46)53(63)68-54(2,3)4)43-27-23-41(24-28-43)40-21-25-42(26-22-40)44-35-57(37-64-31-33-69(5,6)7)49(55-44)45-19-15-29-58(45)52(62)67-36-39-17-13-12-14-18-39/h12-14,17-18,21-28,35,45-46H,11,15-16,19-20,29-34,36-38H2,1-10H3/t45-,46?/m0/s1. The number of benzene rings is 3. The molecular weight excluding hydrogens is 917 g/mol. The highest BCUT2D eigenvalue weighted by molar-refractivity contribution is 6.76. The van der Waals surface area contributed by atoms with Crippen LogP contribution in [0.5, 0.6) is 0 Å². The number of rotatable bonds is 19. The predicted molar refractivity (Wildman–Crippen MR) is 279 cm³/mol. The number of nitrogens with zero attached hydrogens (tertiary/aromatic N) is 6. The Morgan fingerprint density at radius 3 is 1.77 bits per heavy atom. The molecule has 2 aromatic heterocycles. The number of aromatic nitrogens is 4. The number of imidazole rings is 2.